The third-order valence-corrected chi connectivity index (χ3v) is 4.34. The van der Waals surface area contributed by atoms with Crippen LogP contribution in [0.1, 0.15) is 42.3 Å². The van der Waals surface area contributed by atoms with E-state index in [9.17, 15) is 9.59 Å². The first kappa shape index (κ1) is 17.3. The van der Waals surface area contributed by atoms with Gasteiger partial charge in [-0.05, 0) is 30.0 Å². The maximum Gasteiger partial charge on any atom is 0.254 e. The van der Waals surface area contributed by atoms with Crippen LogP contribution in [0.15, 0.2) is 12.1 Å². The summed E-state index contributed by atoms with van der Waals surface area (Å²) in [5.74, 6) is 0.846. The van der Waals surface area contributed by atoms with Crippen molar-refractivity contribution in [2.75, 3.05) is 33.3 Å². The molecule has 1 aliphatic rings. The van der Waals surface area contributed by atoms with E-state index in [0.717, 1.165) is 28.8 Å². The Bertz CT molecular complexity index is 597. The molecular formula is C18H26N2O3. The lowest BCUT2D eigenvalue weighted by Crippen LogP contribution is -2.48. The summed E-state index contributed by atoms with van der Waals surface area (Å²) < 4.78 is 5.49. The molecule has 1 aliphatic heterocycles. The molecule has 0 aromatic heterocycles. The van der Waals surface area contributed by atoms with E-state index in [1.165, 1.54) is 0 Å². The van der Waals surface area contributed by atoms with Crippen LogP contribution in [0.5, 0.6) is 5.75 Å². The van der Waals surface area contributed by atoms with Crippen LogP contribution in [0.3, 0.4) is 0 Å². The Morgan fingerprint density at radius 2 is 1.78 bits per heavy atom. The molecule has 0 spiro atoms. The number of amides is 2. The van der Waals surface area contributed by atoms with E-state index < -0.39 is 0 Å². The van der Waals surface area contributed by atoms with Crippen molar-refractivity contribution in [2.45, 2.75) is 33.1 Å². The van der Waals surface area contributed by atoms with Crippen molar-refractivity contribution in [1.82, 2.24) is 9.80 Å². The summed E-state index contributed by atoms with van der Waals surface area (Å²) in [6.07, 6.45) is 0.845. The summed E-state index contributed by atoms with van der Waals surface area (Å²) in [5.41, 5.74) is 2.55. The number of ether oxygens (including phenoxy) is 1. The Morgan fingerprint density at radius 1 is 1.17 bits per heavy atom. The first-order valence-corrected chi connectivity index (χ1v) is 7.95. The predicted molar refractivity (Wildman–Crippen MR) is 90.0 cm³/mol. The van der Waals surface area contributed by atoms with Crippen molar-refractivity contribution in [3.63, 3.8) is 0 Å². The molecule has 1 aromatic carbocycles. The minimum Gasteiger partial charge on any atom is -0.496 e. The highest BCUT2D eigenvalue weighted by atomic mass is 16.5. The van der Waals surface area contributed by atoms with E-state index in [1.54, 1.807) is 12.0 Å². The molecule has 1 saturated heterocycles. The van der Waals surface area contributed by atoms with Gasteiger partial charge in [0.25, 0.3) is 5.91 Å². The average Bonchev–Trinajstić information content (AvgIpc) is 2.52. The number of piperazine rings is 1. The third kappa shape index (κ3) is 3.66. The molecule has 1 aromatic rings. The number of carbonyl (C=O) groups excluding carboxylic acids is 2. The maximum atomic E-state index is 12.9. The van der Waals surface area contributed by atoms with Crippen LogP contribution in [0.2, 0.25) is 0 Å². The topological polar surface area (TPSA) is 49.9 Å². The van der Waals surface area contributed by atoms with Gasteiger partial charge in [-0.15, -0.1) is 0 Å². The lowest BCUT2D eigenvalue weighted by atomic mass is 9.84. The van der Waals surface area contributed by atoms with Gasteiger partial charge in [-0.2, -0.15) is 0 Å². The molecule has 5 heteroatoms. The number of benzene rings is 1. The standard InChI is InChI=1S/C18H26N2O3/c1-13-10-16(23-5)15(18(2,3)4)11-14(13)17(22)20-8-6-19(12-21)7-9-20/h10-12H,6-9H2,1-5H3. The number of methoxy groups -OCH3 is 1. The molecule has 1 fully saturated rings. The fourth-order valence-electron chi connectivity index (χ4n) is 2.87. The molecule has 0 unspecified atom stereocenters. The van der Waals surface area contributed by atoms with Crippen molar-refractivity contribution >= 4 is 12.3 Å². The lowest BCUT2D eigenvalue weighted by molar-refractivity contribution is -0.119. The number of carbonyl (C=O) groups is 2. The molecule has 126 valence electrons. The van der Waals surface area contributed by atoms with Gasteiger partial charge in [0.05, 0.1) is 7.11 Å². The molecular weight excluding hydrogens is 292 g/mol. The van der Waals surface area contributed by atoms with Crippen molar-refractivity contribution in [3.05, 3.63) is 28.8 Å². The zero-order chi connectivity index (χ0) is 17.2. The molecule has 0 aliphatic carbocycles. The molecule has 1 heterocycles. The van der Waals surface area contributed by atoms with Crippen LogP contribution in [-0.2, 0) is 10.2 Å². The SMILES string of the molecule is COc1cc(C)c(C(=O)N2CCN(C=O)CC2)cc1C(C)(C)C. The van der Waals surface area contributed by atoms with Crippen molar-refractivity contribution < 1.29 is 14.3 Å². The molecule has 2 amide bonds. The average molecular weight is 318 g/mol. The molecule has 2 rings (SSSR count). The first-order chi connectivity index (χ1) is 10.8. The monoisotopic (exact) mass is 318 g/mol. The molecule has 0 saturated carbocycles. The molecule has 0 radical (unpaired) electrons. The number of rotatable bonds is 3. The van der Waals surface area contributed by atoms with E-state index in [-0.39, 0.29) is 11.3 Å². The second-order valence-electron chi connectivity index (χ2n) is 7.05. The second-order valence-corrected chi connectivity index (χ2v) is 7.05. The fraction of sp³-hybridized carbons (Fsp3) is 0.556. The molecule has 0 atom stereocenters. The summed E-state index contributed by atoms with van der Waals surface area (Å²) in [6, 6.07) is 3.90. The highest BCUT2D eigenvalue weighted by Gasteiger charge is 2.26. The first-order valence-electron chi connectivity index (χ1n) is 7.95. The lowest BCUT2D eigenvalue weighted by Gasteiger charge is -2.33. The summed E-state index contributed by atoms with van der Waals surface area (Å²) in [7, 11) is 1.66. The van der Waals surface area contributed by atoms with Gasteiger partial charge in [-0.1, -0.05) is 20.8 Å². The summed E-state index contributed by atoms with van der Waals surface area (Å²) in [4.78, 5) is 27.2. The number of nitrogens with zero attached hydrogens (tertiary/aromatic N) is 2. The summed E-state index contributed by atoms with van der Waals surface area (Å²) in [6.45, 7) is 10.6. The van der Waals surface area contributed by atoms with E-state index in [0.29, 0.717) is 26.2 Å². The van der Waals surface area contributed by atoms with Crippen molar-refractivity contribution in [2.24, 2.45) is 0 Å². The van der Waals surface area contributed by atoms with Crippen LogP contribution in [0.4, 0.5) is 0 Å². The Labute approximate surface area is 138 Å². The Morgan fingerprint density at radius 3 is 2.26 bits per heavy atom. The van der Waals surface area contributed by atoms with E-state index in [1.807, 2.05) is 24.0 Å². The van der Waals surface area contributed by atoms with Crippen LogP contribution in [0.25, 0.3) is 0 Å². The van der Waals surface area contributed by atoms with Crippen molar-refractivity contribution in [1.29, 1.82) is 0 Å². The Hall–Kier alpha value is -2.04. The minimum absolute atomic E-state index is 0.0289. The largest absolute Gasteiger partial charge is 0.496 e. The van der Waals surface area contributed by atoms with Gasteiger partial charge < -0.3 is 14.5 Å². The molecule has 5 nitrogen and oxygen atoms in total. The number of aryl methyl sites for hydroxylation is 1. The van der Waals surface area contributed by atoms with Gasteiger partial charge >= 0.3 is 0 Å². The van der Waals surface area contributed by atoms with E-state index in [4.69, 9.17) is 4.74 Å². The van der Waals surface area contributed by atoms with Crippen LogP contribution >= 0.6 is 0 Å². The van der Waals surface area contributed by atoms with E-state index in [2.05, 4.69) is 20.8 Å². The fourth-order valence-corrected chi connectivity index (χ4v) is 2.87. The normalized spacial score (nSPS) is 15.5. The summed E-state index contributed by atoms with van der Waals surface area (Å²) >= 11 is 0. The van der Waals surface area contributed by atoms with Gasteiger partial charge in [-0.25, -0.2) is 0 Å². The smallest absolute Gasteiger partial charge is 0.254 e. The number of hydrogen-bond acceptors (Lipinski definition) is 3. The van der Waals surface area contributed by atoms with Crippen molar-refractivity contribution in [3.8, 4) is 5.75 Å². The van der Waals surface area contributed by atoms with Gasteiger partial charge in [0.15, 0.2) is 0 Å². The van der Waals surface area contributed by atoms with Crippen LogP contribution in [0, 0.1) is 6.92 Å². The Kier molecular flexibility index (Phi) is 4.97. The van der Waals surface area contributed by atoms with Crippen LogP contribution in [-0.4, -0.2) is 55.4 Å². The highest BCUT2D eigenvalue weighted by Crippen LogP contribution is 2.34. The number of hydrogen-bond donors (Lipinski definition) is 0. The molecule has 23 heavy (non-hydrogen) atoms. The third-order valence-electron chi connectivity index (χ3n) is 4.34. The Balaban J connectivity index is 2.32. The van der Waals surface area contributed by atoms with Gasteiger partial charge in [0.2, 0.25) is 6.41 Å². The zero-order valence-electron chi connectivity index (χ0n) is 14.7. The molecule has 0 bridgehead atoms. The van der Waals surface area contributed by atoms with Crippen LogP contribution < -0.4 is 4.74 Å². The van der Waals surface area contributed by atoms with E-state index >= 15 is 0 Å². The van der Waals surface area contributed by atoms with Gasteiger partial charge in [0.1, 0.15) is 5.75 Å². The maximum absolute atomic E-state index is 12.9. The quantitative estimate of drug-likeness (QED) is 0.803. The zero-order valence-corrected chi connectivity index (χ0v) is 14.7. The molecule has 0 N–H and O–H groups in total. The predicted octanol–water partition coefficient (Wildman–Crippen LogP) is 2.22. The van der Waals surface area contributed by atoms with Gasteiger partial charge in [0, 0.05) is 37.3 Å². The summed E-state index contributed by atoms with van der Waals surface area (Å²) in [5, 5.41) is 0. The van der Waals surface area contributed by atoms with Gasteiger partial charge in [-0.3, -0.25) is 9.59 Å². The minimum atomic E-state index is -0.107. The second kappa shape index (κ2) is 6.60. The highest BCUT2D eigenvalue weighted by molar-refractivity contribution is 5.96.